The first-order valence-corrected chi connectivity index (χ1v) is 12.5. The Balaban J connectivity index is 1.58. The van der Waals surface area contributed by atoms with Crippen molar-refractivity contribution < 1.29 is 23.8 Å². The number of nitrogens with two attached hydrogens (primary N) is 1. The number of nitrogens with zero attached hydrogens (tertiary/aromatic N) is 1. The molecule has 0 radical (unpaired) electrons. The lowest BCUT2D eigenvalue weighted by Crippen LogP contribution is -2.33. The normalized spacial score (nSPS) is 18.5. The topological polar surface area (TPSA) is 124 Å². The minimum Gasteiger partial charge on any atom is -0.493 e. The van der Waals surface area contributed by atoms with E-state index in [0.717, 1.165) is 10.0 Å². The van der Waals surface area contributed by atoms with E-state index in [1.807, 2.05) is 32.9 Å². The predicted octanol–water partition coefficient (Wildman–Crippen LogP) is 5.23. The second-order valence-corrected chi connectivity index (χ2v) is 10.8. The van der Waals surface area contributed by atoms with Gasteiger partial charge in [-0.2, -0.15) is 5.26 Å². The first-order chi connectivity index (χ1) is 17.5. The molecule has 4 rings (SSSR count). The maximum Gasteiger partial charge on any atom is 0.262 e. The Hall–Kier alpha value is -3.77. The number of anilines is 1. The molecule has 1 amide bonds. The van der Waals surface area contributed by atoms with E-state index in [4.69, 9.17) is 19.9 Å². The van der Waals surface area contributed by atoms with Crippen molar-refractivity contribution in [2.75, 3.05) is 19.0 Å². The molecule has 8 nitrogen and oxygen atoms in total. The highest BCUT2D eigenvalue weighted by Crippen LogP contribution is 2.48. The van der Waals surface area contributed by atoms with Crippen LogP contribution in [0.2, 0.25) is 0 Å². The third-order valence-corrected chi connectivity index (χ3v) is 7.29. The van der Waals surface area contributed by atoms with E-state index in [1.165, 1.54) is 7.11 Å². The summed E-state index contributed by atoms with van der Waals surface area (Å²) in [7, 11) is 1.48. The summed E-state index contributed by atoms with van der Waals surface area (Å²) in [5.74, 6) is 0.127. The number of aryl methyl sites for hydroxylation is 1. The van der Waals surface area contributed by atoms with Crippen LogP contribution in [0.15, 0.2) is 63.7 Å². The Morgan fingerprint density at radius 2 is 2.00 bits per heavy atom. The highest BCUT2D eigenvalue weighted by atomic mass is 79.9. The number of ether oxygens (including phenoxy) is 3. The van der Waals surface area contributed by atoms with Gasteiger partial charge in [-0.1, -0.05) is 35.8 Å². The van der Waals surface area contributed by atoms with Crippen molar-refractivity contribution in [3.8, 4) is 17.6 Å². The zero-order chi connectivity index (χ0) is 26.9. The van der Waals surface area contributed by atoms with Gasteiger partial charge in [0.2, 0.25) is 5.88 Å². The number of hydrogen-bond acceptors (Lipinski definition) is 7. The zero-order valence-corrected chi connectivity index (χ0v) is 22.7. The van der Waals surface area contributed by atoms with Crippen LogP contribution < -0.4 is 20.5 Å². The van der Waals surface area contributed by atoms with E-state index in [2.05, 4.69) is 27.3 Å². The zero-order valence-electron chi connectivity index (χ0n) is 21.1. The fourth-order valence-electron chi connectivity index (χ4n) is 4.66. The summed E-state index contributed by atoms with van der Waals surface area (Å²) in [4.78, 5) is 25.6. The number of nitrogens with one attached hydrogen (secondary N) is 1. The summed E-state index contributed by atoms with van der Waals surface area (Å²) in [5.41, 5.74) is 8.76. The Labute approximate surface area is 224 Å². The van der Waals surface area contributed by atoms with Gasteiger partial charge in [0.15, 0.2) is 23.9 Å². The first kappa shape index (κ1) is 26.3. The van der Waals surface area contributed by atoms with Crippen LogP contribution in [0.5, 0.6) is 11.5 Å². The minimum atomic E-state index is -0.677. The molecule has 192 valence electrons. The van der Waals surface area contributed by atoms with E-state index < -0.39 is 5.92 Å². The van der Waals surface area contributed by atoms with Gasteiger partial charge in [-0.3, -0.25) is 9.59 Å². The number of amides is 1. The lowest BCUT2D eigenvalue weighted by molar-refractivity contribution is -0.119. The highest BCUT2D eigenvalue weighted by Gasteiger charge is 2.43. The highest BCUT2D eigenvalue weighted by molar-refractivity contribution is 9.10. The molecule has 0 bridgehead atoms. The lowest BCUT2D eigenvalue weighted by atomic mass is 9.70. The molecule has 37 heavy (non-hydrogen) atoms. The van der Waals surface area contributed by atoms with Crippen LogP contribution in [0, 0.1) is 23.7 Å². The van der Waals surface area contributed by atoms with Crippen molar-refractivity contribution in [1.82, 2.24) is 0 Å². The molecule has 9 heteroatoms. The van der Waals surface area contributed by atoms with Crippen LogP contribution in [-0.4, -0.2) is 25.4 Å². The van der Waals surface area contributed by atoms with Crippen molar-refractivity contribution in [1.29, 1.82) is 5.26 Å². The van der Waals surface area contributed by atoms with E-state index in [0.29, 0.717) is 46.9 Å². The Kier molecular flexibility index (Phi) is 7.32. The average Bonchev–Trinajstić information content (AvgIpc) is 2.83. The molecule has 2 aromatic carbocycles. The minimum absolute atomic E-state index is 0.00380. The smallest absolute Gasteiger partial charge is 0.262 e. The maximum absolute atomic E-state index is 13.2. The summed E-state index contributed by atoms with van der Waals surface area (Å²) >= 11 is 3.44. The van der Waals surface area contributed by atoms with Crippen LogP contribution in [0.1, 0.15) is 43.7 Å². The molecule has 0 saturated heterocycles. The van der Waals surface area contributed by atoms with Gasteiger partial charge in [0.1, 0.15) is 17.4 Å². The van der Waals surface area contributed by atoms with Gasteiger partial charge in [-0.15, -0.1) is 0 Å². The van der Waals surface area contributed by atoms with E-state index >= 15 is 0 Å². The van der Waals surface area contributed by atoms with Crippen molar-refractivity contribution >= 4 is 33.3 Å². The van der Waals surface area contributed by atoms with Gasteiger partial charge in [-0.05, 0) is 53.8 Å². The van der Waals surface area contributed by atoms with Gasteiger partial charge >= 0.3 is 0 Å². The fourth-order valence-corrected chi connectivity index (χ4v) is 4.91. The monoisotopic (exact) mass is 565 g/mol. The number of carbonyl (C=O) groups is 2. The number of methoxy groups -OCH3 is 1. The van der Waals surface area contributed by atoms with Crippen molar-refractivity contribution in [2.45, 2.75) is 39.5 Å². The second kappa shape index (κ2) is 10.3. The molecule has 1 heterocycles. The Morgan fingerprint density at radius 3 is 2.68 bits per heavy atom. The second-order valence-electron chi connectivity index (χ2n) is 9.91. The molecule has 2 aromatic rings. The van der Waals surface area contributed by atoms with Crippen LogP contribution >= 0.6 is 15.9 Å². The summed E-state index contributed by atoms with van der Waals surface area (Å²) in [6.45, 7) is 5.69. The van der Waals surface area contributed by atoms with Gasteiger partial charge in [0.25, 0.3) is 5.91 Å². The summed E-state index contributed by atoms with van der Waals surface area (Å²) in [6.07, 6.45) is 0.880. The van der Waals surface area contributed by atoms with E-state index in [9.17, 15) is 14.9 Å². The number of carbonyl (C=O) groups excluding carboxylic acids is 2. The van der Waals surface area contributed by atoms with E-state index in [1.54, 1.807) is 24.3 Å². The fraction of sp³-hybridized carbons (Fsp3) is 0.321. The van der Waals surface area contributed by atoms with Gasteiger partial charge in [0, 0.05) is 28.6 Å². The van der Waals surface area contributed by atoms with Crippen molar-refractivity contribution in [3.05, 3.63) is 74.8 Å². The number of hydrogen-bond donors (Lipinski definition) is 2. The van der Waals surface area contributed by atoms with Crippen LogP contribution in [-0.2, 0) is 14.3 Å². The summed E-state index contributed by atoms with van der Waals surface area (Å²) in [5, 5.41) is 12.6. The van der Waals surface area contributed by atoms with Crippen molar-refractivity contribution in [3.63, 3.8) is 0 Å². The third kappa shape index (κ3) is 5.49. The molecular weight excluding hydrogens is 538 g/mol. The SMILES string of the molecule is COc1cc(C2C(C#N)=C(N)OC3=C2C(=O)CC(C)(C)C3)ccc1OCC(=O)Nc1ccc(Br)c(C)c1. The number of Topliss-reactive ketones (excluding diaryl/α,β-unsaturated/α-hetero) is 1. The summed E-state index contributed by atoms with van der Waals surface area (Å²) in [6, 6.07) is 12.7. The van der Waals surface area contributed by atoms with Gasteiger partial charge in [0.05, 0.1) is 13.0 Å². The third-order valence-electron chi connectivity index (χ3n) is 6.40. The number of rotatable bonds is 6. The molecule has 1 aliphatic heterocycles. The number of allylic oxidation sites excluding steroid dienone is 3. The quantitative estimate of drug-likeness (QED) is 0.491. The maximum atomic E-state index is 13.2. The molecule has 1 aliphatic carbocycles. The standard InChI is InChI=1S/C28H28BrN3O5/c1-15-9-17(6-7-19(15)29)32-24(34)14-36-21-8-5-16(10-22(21)35-4)25-18(13-30)27(31)37-23-12-28(2,3)11-20(33)26(23)25/h5-10,25H,11-12,14,31H2,1-4H3,(H,32,34). The van der Waals surface area contributed by atoms with Gasteiger partial charge in [-0.25, -0.2) is 0 Å². The lowest BCUT2D eigenvalue weighted by Gasteiger charge is -2.37. The molecule has 3 N–H and O–H groups in total. The van der Waals surface area contributed by atoms with Crippen LogP contribution in [0.4, 0.5) is 5.69 Å². The van der Waals surface area contributed by atoms with Crippen molar-refractivity contribution in [2.24, 2.45) is 11.1 Å². The molecular formula is C28H28BrN3O5. The van der Waals surface area contributed by atoms with Crippen LogP contribution in [0.25, 0.3) is 0 Å². The van der Waals surface area contributed by atoms with E-state index in [-0.39, 0.29) is 35.2 Å². The molecule has 0 aromatic heterocycles. The Bertz CT molecular complexity index is 1390. The molecule has 1 atom stereocenters. The molecule has 0 fully saturated rings. The predicted molar refractivity (Wildman–Crippen MR) is 142 cm³/mol. The van der Waals surface area contributed by atoms with Gasteiger partial charge < -0.3 is 25.3 Å². The number of ketones is 1. The largest absolute Gasteiger partial charge is 0.493 e. The summed E-state index contributed by atoms with van der Waals surface area (Å²) < 4.78 is 18.0. The number of halogens is 1. The first-order valence-electron chi connectivity index (χ1n) is 11.7. The molecule has 2 aliphatic rings. The number of nitriles is 1. The molecule has 0 spiro atoms. The molecule has 0 saturated carbocycles. The number of benzene rings is 2. The molecule has 1 unspecified atom stereocenters. The Morgan fingerprint density at radius 1 is 1.24 bits per heavy atom. The van der Waals surface area contributed by atoms with Crippen LogP contribution in [0.3, 0.4) is 0 Å². The average molecular weight is 566 g/mol.